The van der Waals surface area contributed by atoms with Crippen LogP contribution in [0.2, 0.25) is 0 Å². The van der Waals surface area contributed by atoms with Gasteiger partial charge in [-0.3, -0.25) is 0 Å². The van der Waals surface area contributed by atoms with Gasteiger partial charge in [0.15, 0.2) is 0 Å². The lowest BCUT2D eigenvalue weighted by Gasteiger charge is -2.31. The van der Waals surface area contributed by atoms with E-state index in [0.29, 0.717) is 26.2 Å². The maximum absolute atomic E-state index is 12.9. The van der Waals surface area contributed by atoms with Gasteiger partial charge in [0.05, 0.1) is 5.69 Å². The first-order valence-corrected chi connectivity index (χ1v) is 7.09. The minimum atomic E-state index is -3.62. The molecular formula is C11H16FN3O2S. The zero-order valence-corrected chi connectivity index (χ0v) is 11.0. The van der Waals surface area contributed by atoms with Crippen molar-refractivity contribution in [3.63, 3.8) is 0 Å². The van der Waals surface area contributed by atoms with Crippen molar-refractivity contribution in [3.05, 3.63) is 24.0 Å². The summed E-state index contributed by atoms with van der Waals surface area (Å²) in [5.74, 6) is -0.537. The molecule has 2 rings (SSSR count). The molecule has 0 bridgehead atoms. The summed E-state index contributed by atoms with van der Waals surface area (Å²) in [5, 5.41) is 0. The van der Waals surface area contributed by atoms with Crippen molar-refractivity contribution in [1.29, 1.82) is 0 Å². The minimum absolute atomic E-state index is 0.0200. The average Bonchev–Trinajstić information content (AvgIpc) is 2.29. The maximum Gasteiger partial charge on any atom is 0.245 e. The molecule has 18 heavy (non-hydrogen) atoms. The summed E-state index contributed by atoms with van der Waals surface area (Å²) in [7, 11) is -1.68. The van der Waals surface area contributed by atoms with Crippen LogP contribution in [0.15, 0.2) is 23.1 Å². The van der Waals surface area contributed by atoms with E-state index < -0.39 is 15.8 Å². The van der Waals surface area contributed by atoms with E-state index in [-0.39, 0.29) is 10.6 Å². The molecule has 0 aliphatic carbocycles. The highest BCUT2D eigenvalue weighted by Crippen LogP contribution is 2.23. The zero-order valence-electron chi connectivity index (χ0n) is 10.1. The Bertz CT molecular complexity index is 539. The number of piperazine rings is 1. The second kappa shape index (κ2) is 4.83. The smallest absolute Gasteiger partial charge is 0.245 e. The third-order valence-electron chi connectivity index (χ3n) is 3.05. The van der Waals surface area contributed by atoms with Crippen LogP contribution in [0.4, 0.5) is 10.1 Å². The Labute approximate surface area is 106 Å². The average molecular weight is 273 g/mol. The van der Waals surface area contributed by atoms with Gasteiger partial charge in [0.2, 0.25) is 10.0 Å². The van der Waals surface area contributed by atoms with Crippen molar-refractivity contribution < 1.29 is 12.8 Å². The molecule has 1 saturated heterocycles. The number of likely N-dealkylation sites (N-methyl/N-ethyl adjacent to an activating group) is 1. The highest BCUT2D eigenvalue weighted by atomic mass is 32.2. The van der Waals surface area contributed by atoms with E-state index in [1.165, 1.54) is 10.4 Å². The van der Waals surface area contributed by atoms with Crippen molar-refractivity contribution in [2.24, 2.45) is 0 Å². The lowest BCUT2D eigenvalue weighted by Crippen LogP contribution is -2.47. The fraction of sp³-hybridized carbons (Fsp3) is 0.455. The molecule has 1 aliphatic heterocycles. The fourth-order valence-corrected chi connectivity index (χ4v) is 3.44. The number of halogens is 1. The van der Waals surface area contributed by atoms with Gasteiger partial charge in [-0.1, -0.05) is 0 Å². The predicted molar refractivity (Wildman–Crippen MR) is 67.1 cm³/mol. The first kappa shape index (κ1) is 13.3. The molecule has 7 heteroatoms. The monoisotopic (exact) mass is 273 g/mol. The van der Waals surface area contributed by atoms with Crippen molar-refractivity contribution >= 4 is 15.7 Å². The van der Waals surface area contributed by atoms with Crippen LogP contribution in [0.25, 0.3) is 0 Å². The third-order valence-corrected chi connectivity index (χ3v) is 5.02. The molecule has 2 N–H and O–H groups in total. The molecule has 5 nitrogen and oxygen atoms in total. The molecule has 1 aromatic rings. The Morgan fingerprint density at radius 2 is 1.83 bits per heavy atom. The van der Waals surface area contributed by atoms with Crippen molar-refractivity contribution in [1.82, 2.24) is 9.21 Å². The lowest BCUT2D eigenvalue weighted by atomic mass is 10.3. The molecule has 0 spiro atoms. The van der Waals surface area contributed by atoms with Gasteiger partial charge in [0.1, 0.15) is 10.7 Å². The highest BCUT2D eigenvalue weighted by Gasteiger charge is 2.28. The molecule has 1 heterocycles. The Kier molecular flexibility index (Phi) is 3.56. The van der Waals surface area contributed by atoms with Gasteiger partial charge < -0.3 is 10.6 Å². The number of rotatable bonds is 2. The molecule has 100 valence electrons. The maximum atomic E-state index is 12.9. The lowest BCUT2D eigenvalue weighted by molar-refractivity contribution is 0.222. The Morgan fingerprint density at radius 3 is 2.39 bits per heavy atom. The summed E-state index contributed by atoms with van der Waals surface area (Å²) in [5.41, 5.74) is 5.54. The van der Waals surface area contributed by atoms with Crippen molar-refractivity contribution in [2.45, 2.75) is 4.90 Å². The predicted octanol–water partition coefficient (Wildman–Crippen LogP) is 0.344. The van der Waals surface area contributed by atoms with Gasteiger partial charge in [-0.15, -0.1) is 0 Å². The van der Waals surface area contributed by atoms with Gasteiger partial charge in [-0.05, 0) is 25.2 Å². The van der Waals surface area contributed by atoms with Gasteiger partial charge in [-0.25, -0.2) is 12.8 Å². The zero-order chi connectivity index (χ0) is 13.3. The number of hydrogen-bond donors (Lipinski definition) is 1. The molecule has 0 radical (unpaired) electrons. The van der Waals surface area contributed by atoms with Crippen LogP contribution in [0.1, 0.15) is 0 Å². The second-order valence-electron chi connectivity index (χ2n) is 4.39. The molecular weight excluding hydrogens is 257 g/mol. The summed E-state index contributed by atoms with van der Waals surface area (Å²) >= 11 is 0. The topological polar surface area (TPSA) is 66.6 Å². The number of hydrogen-bond acceptors (Lipinski definition) is 4. The van der Waals surface area contributed by atoms with Crippen LogP contribution >= 0.6 is 0 Å². The van der Waals surface area contributed by atoms with Crippen molar-refractivity contribution in [3.8, 4) is 0 Å². The summed E-state index contributed by atoms with van der Waals surface area (Å²) in [6, 6.07) is 3.36. The van der Waals surface area contributed by atoms with Gasteiger partial charge in [0, 0.05) is 26.2 Å². The molecule has 1 fully saturated rings. The summed E-state index contributed by atoms with van der Waals surface area (Å²) < 4.78 is 39.0. The third kappa shape index (κ3) is 2.47. The Hall–Kier alpha value is -1.18. The van der Waals surface area contributed by atoms with Crippen LogP contribution in [-0.4, -0.2) is 50.8 Å². The molecule has 0 amide bonds. The molecule has 0 saturated carbocycles. The second-order valence-corrected chi connectivity index (χ2v) is 6.30. The van der Waals surface area contributed by atoms with Crippen molar-refractivity contribution in [2.75, 3.05) is 39.0 Å². The number of nitrogen functional groups attached to an aromatic ring is 1. The highest BCUT2D eigenvalue weighted by molar-refractivity contribution is 7.89. The number of benzene rings is 1. The normalized spacial score (nSPS) is 19.0. The SMILES string of the molecule is CN1CCN(S(=O)(=O)c2ccc(F)cc2N)CC1. The van der Waals surface area contributed by atoms with Gasteiger partial charge >= 0.3 is 0 Å². The molecule has 0 atom stereocenters. The number of nitrogens with zero attached hydrogens (tertiary/aromatic N) is 2. The van der Waals surface area contributed by atoms with Gasteiger partial charge in [-0.2, -0.15) is 4.31 Å². The van der Waals surface area contributed by atoms with Crippen LogP contribution in [0, 0.1) is 5.82 Å². The first-order valence-electron chi connectivity index (χ1n) is 5.65. The van der Waals surface area contributed by atoms with E-state index in [1.807, 2.05) is 7.05 Å². The van der Waals surface area contributed by atoms with Crippen LogP contribution in [0.3, 0.4) is 0 Å². The fourth-order valence-electron chi connectivity index (χ4n) is 1.92. The molecule has 0 unspecified atom stereocenters. The standard InChI is InChI=1S/C11H16FN3O2S/c1-14-4-6-15(7-5-14)18(16,17)11-3-2-9(12)8-10(11)13/h2-3,8H,4-7,13H2,1H3. The Morgan fingerprint density at radius 1 is 1.22 bits per heavy atom. The largest absolute Gasteiger partial charge is 0.398 e. The quantitative estimate of drug-likeness (QED) is 0.789. The minimum Gasteiger partial charge on any atom is -0.398 e. The van der Waals surface area contributed by atoms with E-state index >= 15 is 0 Å². The van der Waals surface area contributed by atoms with E-state index in [1.54, 1.807) is 0 Å². The molecule has 1 aliphatic rings. The van der Waals surface area contributed by atoms with E-state index in [0.717, 1.165) is 12.1 Å². The van der Waals surface area contributed by atoms with Crippen LogP contribution in [-0.2, 0) is 10.0 Å². The number of nitrogens with two attached hydrogens (primary N) is 1. The summed E-state index contributed by atoms with van der Waals surface area (Å²) in [6.07, 6.45) is 0. The first-order chi connectivity index (χ1) is 8.41. The van der Waals surface area contributed by atoms with E-state index in [4.69, 9.17) is 5.73 Å². The van der Waals surface area contributed by atoms with E-state index in [2.05, 4.69) is 4.90 Å². The summed E-state index contributed by atoms with van der Waals surface area (Å²) in [4.78, 5) is 2.04. The van der Waals surface area contributed by atoms with Crippen LogP contribution < -0.4 is 5.73 Å². The number of sulfonamides is 1. The molecule has 0 aromatic heterocycles. The molecule has 1 aromatic carbocycles. The Balaban J connectivity index is 2.30. The van der Waals surface area contributed by atoms with Gasteiger partial charge in [0.25, 0.3) is 0 Å². The number of anilines is 1. The van der Waals surface area contributed by atoms with Crippen LogP contribution in [0.5, 0.6) is 0 Å². The van der Waals surface area contributed by atoms with E-state index in [9.17, 15) is 12.8 Å². The summed E-state index contributed by atoms with van der Waals surface area (Å²) in [6.45, 7) is 2.21.